The molecule has 36 heavy (non-hydrogen) atoms. The molecule has 0 saturated carbocycles. The molecule has 4 rings (SSSR count). The molecule has 0 aliphatic carbocycles. The summed E-state index contributed by atoms with van der Waals surface area (Å²) in [5.74, 6) is -0.465. The van der Waals surface area contributed by atoms with E-state index in [1.807, 2.05) is 51.1 Å². The molecule has 0 fully saturated rings. The number of aryl methyl sites for hydroxylation is 3. The van der Waals surface area contributed by atoms with Crippen molar-refractivity contribution in [2.24, 2.45) is 0 Å². The number of nitrogens with zero attached hydrogens (tertiary/aromatic N) is 2. The molecular weight excluding hydrogens is 474 g/mol. The number of thioether (sulfide) groups is 1. The minimum Gasteiger partial charge on any atom is -0.325 e. The molecule has 182 valence electrons. The molecule has 0 aliphatic rings. The summed E-state index contributed by atoms with van der Waals surface area (Å²) in [5.41, 5.74) is 4.73. The molecule has 0 unspecified atom stereocenters. The monoisotopic (exact) mass is 499 g/mol. The van der Waals surface area contributed by atoms with Gasteiger partial charge in [0.25, 0.3) is 11.5 Å². The molecule has 1 heterocycles. The number of hydrogen-bond acceptors (Lipinski definition) is 6. The number of nitrogens with one attached hydrogen (secondary N) is 3. The summed E-state index contributed by atoms with van der Waals surface area (Å²) in [6.07, 6.45) is 0. The van der Waals surface area contributed by atoms with Crippen molar-refractivity contribution in [2.45, 2.75) is 25.9 Å². The van der Waals surface area contributed by atoms with Crippen molar-refractivity contribution in [3.8, 4) is 11.3 Å². The number of benzene rings is 3. The molecule has 0 radical (unpaired) electrons. The van der Waals surface area contributed by atoms with E-state index in [0.717, 1.165) is 34.1 Å². The molecule has 0 spiro atoms. The zero-order valence-electron chi connectivity index (χ0n) is 20.1. The summed E-state index contributed by atoms with van der Waals surface area (Å²) in [5, 5.41) is 14.1. The van der Waals surface area contributed by atoms with Gasteiger partial charge in [-0.1, -0.05) is 47.7 Å². The lowest BCUT2D eigenvalue weighted by molar-refractivity contribution is -0.113. The minimum absolute atomic E-state index is 0.0553. The summed E-state index contributed by atoms with van der Waals surface area (Å²) < 4.78 is 0. The standard InChI is InChI=1S/C27H25N5O3S/c1-16-9-10-22(29-25(34)19-7-5-4-6-8-19)21(14-16)24-26(35)30-27(32-31-24)36-15-23(33)28-20-12-17(2)11-18(3)13-20/h4-14H,15H2,1-3H3,(H,28,33)(H,29,34)(H,30,32,35). The average Bonchev–Trinajstić information content (AvgIpc) is 2.84. The number of aromatic nitrogens is 3. The van der Waals surface area contributed by atoms with Crippen molar-refractivity contribution in [3.05, 3.63) is 99.3 Å². The highest BCUT2D eigenvalue weighted by molar-refractivity contribution is 7.99. The molecule has 0 saturated heterocycles. The van der Waals surface area contributed by atoms with E-state index in [0.29, 0.717) is 16.8 Å². The smallest absolute Gasteiger partial charge is 0.278 e. The maximum atomic E-state index is 12.9. The Morgan fingerprint density at radius 3 is 2.28 bits per heavy atom. The van der Waals surface area contributed by atoms with Gasteiger partial charge in [-0.2, -0.15) is 0 Å². The number of carbonyl (C=O) groups excluding carboxylic acids is 2. The first-order valence-electron chi connectivity index (χ1n) is 11.2. The van der Waals surface area contributed by atoms with Crippen molar-refractivity contribution in [2.75, 3.05) is 16.4 Å². The SMILES string of the molecule is Cc1cc(C)cc(NC(=O)CSc2nnc(-c3cc(C)ccc3NC(=O)c3ccccc3)c(=O)[nH]2)c1. The highest BCUT2D eigenvalue weighted by Gasteiger charge is 2.16. The van der Waals surface area contributed by atoms with Crippen LogP contribution in [0, 0.1) is 20.8 Å². The second kappa shape index (κ2) is 11.0. The first-order chi connectivity index (χ1) is 17.3. The zero-order chi connectivity index (χ0) is 25.7. The van der Waals surface area contributed by atoms with Gasteiger partial charge in [-0.15, -0.1) is 10.2 Å². The van der Waals surface area contributed by atoms with Crippen LogP contribution in [-0.2, 0) is 4.79 Å². The quantitative estimate of drug-likeness (QED) is 0.316. The summed E-state index contributed by atoms with van der Waals surface area (Å²) >= 11 is 1.08. The molecule has 1 aromatic heterocycles. The van der Waals surface area contributed by atoms with Gasteiger partial charge in [-0.05, 0) is 68.3 Å². The summed E-state index contributed by atoms with van der Waals surface area (Å²) in [6.45, 7) is 5.81. The van der Waals surface area contributed by atoms with Gasteiger partial charge in [-0.3, -0.25) is 19.4 Å². The lowest BCUT2D eigenvalue weighted by atomic mass is 10.1. The van der Waals surface area contributed by atoms with Gasteiger partial charge in [0.1, 0.15) is 0 Å². The highest BCUT2D eigenvalue weighted by Crippen LogP contribution is 2.26. The van der Waals surface area contributed by atoms with Gasteiger partial charge in [0.2, 0.25) is 5.91 Å². The van der Waals surface area contributed by atoms with E-state index >= 15 is 0 Å². The van der Waals surface area contributed by atoms with Gasteiger partial charge in [0, 0.05) is 16.8 Å². The predicted octanol–water partition coefficient (Wildman–Crippen LogP) is 4.74. The van der Waals surface area contributed by atoms with Crippen LogP contribution < -0.4 is 16.2 Å². The molecule has 3 N–H and O–H groups in total. The number of H-pyrrole nitrogens is 1. The topological polar surface area (TPSA) is 117 Å². The fourth-order valence-electron chi connectivity index (χ4n) is 3.69. The Hall–Kier alpha value is -4.24. The maximum Gasteiger partial charge on any atom is 0.278 e. The Kier molecular flexibility index (Phi) is 7.60. The first kappa shape index (κ1) is 24.9. The molecular formula is C27H25N5O3S. The lowest BCUT2D eigenvalue weighted by Gasteiger charge is -2.11. The van der Waals surface area contributed by atoms with E-state index in [4.69, 9.17) is 0 Å². The highest BCUT2D eigenvalue weighted by atomic mass is 32.2. The van der Waals surface area contributed by atoms with Crippen LogP contribution in [0.4, 0.5) is 11.4 Å². The van der Waals surface area contributed by atoms with Crippen LogP contribution >= 0.6 is 11.8 Å². The molecule has 2 amide bonds. The van der Waals surface area contributed by atoms with Crippen molar-refractivity contribution in [3.63, 3.8) is 0 Å². The van der Waals surface area contributed by atoms with Crippen molar-refractivity contribution in [1.29, 1.82) is 0 Å². The number of aromatic amines is 1. The largest absolute Gasteiger partial charge is 0.325 e. The summed E-state index contributed by atoms with van der Waals surface area (Å²) in [4.78, 5) is 40.6. The molecule has 9 heteroatoms. The molecule has 3 aromatic carbocycles. The third kappa shape index (κ3) is 6.25. The second-order valence-electron chi connectivity index (χ2n) is 8.39. The Bertz CT molecular complexity index is 1460. The van der Waals surface area contributed by atoms with Gasteiger partial charge >= 0.3 is 0 Å². The summed E-state index contributed by atoms with van der Waals surface area (Å²) in [7, 11) is 0. The number of rotatable bonds is 7. The molecule has 8 nitrogen and oxygen atoms in total. The Labute approximate surface area is 212 Å². The fraction of sp³-hybridized carbons (Fsp3) is 0.148. The predicted molar refractivity (Wildman–Crippen MR) is 142 cm³/mol. The van der Waals surface area contributed by atoms with Gasteiger partial charge in [0.15, 0.2) is 10.9 Å². The number of hydrogen-bond donors (Lipinski definition) is 3. The van der Waals surface area contributed by atoms with E-state index in [2.05, 4.69) is 25.8 Å². The Balaban J connectivity index is 1.49. The summed E-state index contributed by atoms with van der Waals surface area (Å²) in [6, 6.07) is 19.9. The van der Waals surface area contributed by atoms with E-state index in [9.17, 15) is 14.4 Å². The lowest BCUT2D eigenvalue weighted by Crippen LogP contribution is -2.18. The van der Waals surface area contributed by atoms with Crippen LogP contribution in [0.5, 0.6) is 0 Å². The Morgan fingerprint density at radius 2 is 1.58 bits per heavy atom. The van der Waals surface area contributed by atoms with E-state index in [1.54, 1.807) is 36.4 Å². The number of amides is 2. The third-order valence-electron chi connectivity index (χ3n) is 5.24. The van der Waals surface area contributed by atoms with Crippen LogP contribution in [-0.4, -0.2) is 32.7 Å². The number of carbonyl (C=O) groups is 2. The zero-order valence-corrected chi connectivity index (χ0v) is 20.9. The van der Waals surface area contributed by atoms with Crippen molar-refractivity contribution >= 4 is 35.0 Å². The van der Waals surface area contributed by atoms with Gasteiger partial charge < -0.3 is 10.6 Å². The third-order valence-corrected chi connectivity index (χ3v) is 6.10. The maximum absolute atomic E-state index is 12.9. The van der Waals surface area contributed by atoms with Crippen LogP contribution in [0.2, 0.25) is 0 Å². The van der Waals surface area contributed by atoms with E-state index in [1.165, 1.54) is 0 Å². The number of anilines is 2. The second-order valence-corrected chi connectivity index (χ2v) is 9.35. The van der Waals surface area contributed by atoms with Crippen molar-refractivity contribution < 1.29 is 9.59 Å². The molecule has 0 aliphatic heterocycles. The van der Waals surface area contributed by atoms with Crippen LogP contribution in [0.15, 0.2) is 76.7 Å². The normalized spacial score (nSPS) is 10.6. The van der Waals surface area contributed by atoms with Crippen molar-refractivity contribution in [1.82, 2.24) is 15.2 Å². The average molecular weight is 500 g/mol. The fourth-order valence-corrected chi connectivity index (χ4v) is 4.29. The van der Waals surface area contributed by atoms with Crippen LogP contribution in [0.1, 0.15) is 27.0 Å². The van der Waals surface area contributed by atoms with Crippen LogP contribution in [0.25, 0.3) is 11.3 Å². The van der Waals surface area contributed by atoms with E-state index in [-0.39, 0.29) is 28.4 Å². The van der Waals surface area contributed by atoms with Gasteiger partial charge in [0.05, 0.1) is 11.4 Å². The molecule has 4 aromatic rings. The minimum atomic E-state index is -0.469. The van der Waals surface area contributed by atoms with Gasteiger partial charge in [-0.25, -0.2) is 0 Å². The van der Waals surface area contributed by atoms with Crippen LogP contribution in [0.3, 0.4) is 0 Å². The van der Waals surface area contributed by atoms with E-state index < -0.39 is 5.56 Å². The molecule has 0 atom stereocenters. The Morgan fingerprint density at radius 1 is 0.861 bits per heavy atom. The first-order valence-corrected chi connectivity index (χ1v) is 12.2. The molecule has 0 bridgehead atoms.